The van der Waals surface area contributed by atoms with Crippen LogP contribution in [0.4, 0.5) is 8.78 Å². The van der Waals surface area contributed by atoms with Crippen LogP contribution in [-0.4, -0.2) is 28.0 Å². The highest BCUT2D eigenvalue weighted by atomic mass is 32.2. The van der Waals surface area contributed by atoms with E-state index in [0.717, 1.165) is 50.7 Å². The summed E-state index contributed by atoms with van der Waals surface area (Å²) in [6.45, 7) is 0. The quantitative estimate of drug-likeness (QED) is 0.528. The van der Waals surface area contributed by atoms with Gasteiger partial charge in [0.25, 0.3) is 0 Å². The number of halogens is 2. The molecule has 0 atom stereocenters. The summed E-state index contributed by atoms with van der Waals surface area (Å²) in [5, 5.41) is 11.7. The fourth-order valence-corrected chi connectivity index (χ4v) is 5.13. The van der Waals surface area contributed by atoms with Gasteiger partial charge < -0.3 is 5.11 Å². The van der Waals surface area contributed by atoms with Gasteiger partial charge in [0, 0.05) is 40.3 Å². The Labute approximate surface area is 204 Å². The molecule has 0 amide bonds. The summed E-state index contributed by atoms with van der Waals surface area (Å²) in [7, 11) is 0. The van der Waals surface area contributed by atoms with E-state index in [9.17, 15) is 13.6 Å². The highest BCUT2D eigenvalue weighted by molar-refractivity contribution is 8.08. The fraction of sp³-hybridized carbons (Fsp3) is 0.107. The van der Waals surface area contributed by atoms with E-state index >= 15 is 0 Å². The third-order valence-corrected chi connectivity index (χ3v) is 6.82. The molecule has 3 aromatic rings. The Morgan fingerprint density at radius 2 is 1.91 bits per heavy atom. The van der Waals surface area contributed by atoms with E-state index in [-0.39, 0.29) is 6.42 Å². The first-order valence-corrected chi connectivity index (χ1v) is 12.0. The number of allylic oxidation sites excluding steroid dienone is 3. The van der Waals surface area contributed by atoms with Crippen LogP contribution in [0.25, 0.3) is 34.0 Å². The molecule has 0 fully saturated rings. The van der Waals surface area contributed by atoms with Crippen LogP contribution in [0.3, 0.4) is 0 Å². The minimum absolute atomic E-state index is 0.0700. The summed E-state index contributed by atoms with van der Waals surface area (Å²) in [6, 6.07) is 11.8. The molecule has 0 unspecified atom stereocenters. The predicted molar refractivity (Wildman–Crippen MR) is 138 cm³/mol. The second-order valence-electron chi connectivity index (χ2n) is 8.08. The molecule has 7 heteroatoms. The molecule has 0 spiro atoms. The van der Waals surface area contributed by atoms with Crippen molar-refractivity contribution in [1.82, 2.24) is 4.98 Å². The Kier molecular flexibility index (Phi) is 6.42. The number of aliphatic carboxylic acids is 1. The molecule has 174 valence electrons. The second kappa shape index (κ2) is 9.80. The molecular weight excluding hydrogens is 466 g/mol. The van der Waals surface area contributed by atoms with Gasteiger partial charge in [-0.2, -0.15) is 0 Å². The number of aliphatic imine (C=N–C) groups is 1. The zero-order valence-corrected chi connectivity index (χ0v) is 19.4. The van der Waals surface area contributed by atoms with Gasteiger partial charge in [-0.3, -0.25) is 9.79 Å². The van der Waals surface area contributed by atoms with Crippen LogP contribution < -0.4 is 10.4 Å². The van der Waals surface area contributed by atoms with Gasteiger partial charge in [0.1, 0.15) is 0 Å². The third kappa shape index (κ3) is 5.00. The highest BCUT2D eigenvalue weighted by Crippen LogP contribution is 2.33. The van der Waals surface area contributed by atoms with Crippen molar-refractivity contribution in [2.45, 2.75) is 12.8 Å². The van der Waals surface area contributed by atoms with Crippen molar-refractivity contribution in [3.8, 4) is 0 Å². The van der Waals surface area contributed by atoms with Gasteiger partial charge in [0.15, 0.2) is 11.6 Å². The Bertz CT molecular complexity index is 1600. The molecule has 2 heterocycles. The van der Waals surface area contributed by atoms with Gasteiger partial charge in [0.05, 0.1) is 23.3 Å². The van der Waals surface area contributed by atoms with E-state index in [4.69, 9.17) is 5.11 Å². The Hall–Kier alpha value is -3.84. The van der Waals surface area contributed by atoms with E-state index in [0.29, 0.717) is 22.3 Å². The van der Waals surface area contributed by atoms with E-state index in [1.165, 1.54) is 11.8 Å². The summed E-state index contributed by atoms with van der Waals surface area (Å²) >= 11 is 1.52. The van der Waals surface area contributed by atoms with E-state index in [1.54, 1.807) is 12.1 Å². The van der Waals surface area contributed by atoms with E-state index in [2.05, 4.69) is 22.1 Å². The molecule has 1 aliphatic carbocycles. The monoisotopic (exact) mass is 486 g/mol. The van der Waals surface area contributed by atoms with Gasteiger partial charge >= 0.3 is 5.97 Å². The lowest BCUT2D eigenvalue weighted by Crippen LogP contribution is -2.26. The van der Waals surface area contributed by atoms with Gasteiger partial charge in [-0.05, 0) is 46.4 Å². The van der Waals surface area contributed by atoms with Crippen molar-refractivity contribution >= 4 is 58.0 Å². The molecule has 4 nitrogen and oxygen atoms in total. The van der Waals surface area contributed by atoms with Crippen molar-refractivity contribution < 1.29 is 18.7 Å². The average Bonchev–Trinajstić information content (AvgIpc) is 3.00. The molecule has 1 aliphatic heterocycles. The molecule has 1 N–H and O–H groups in total. The molecule has 0 bridgehead atoms. The second-order valence-corrected chi connectivity index (χ2v) is 9.19. The highest BCUT2D eigenvalue weighted by Gasteiger charge is 2.16. The fourth-order valence-electron chi connectivity index (χ4n) is 3.97. The van der Waals surface area contributed by atoms with Gasteiger partial charge in [-0.1, -0.05) is 36.4 Å². The number of dihydropyridines is 1. The largest absolute Gasteiger partial charge is 0.481 e. The number of thioether (sulfide) groups is 1. The predicted octanol–water partition coefficient (Wildman–Crippen LogP) is 5.08. The van der Waals surface area contributed by atoms with Crippen LogP contribution in [0.1, 0.15) is 24.1 Å². The standard InChI is InChI=1S/C28H20F2N2O2S/c29-23-15-19-6-9-20(32-26(19)16-24(23)30)8-4-17-3-5-18-7-10-25-21(2-1-12-31-25)28(22(18)14-17)35-13-11-27(33)34/h2-10,12,14-16H,1,11,13H2,(H,33,34)/b8-4+. The molecule has 2 aliphatic rings. The number of fused-ring (bicyclic) bond motifs is 3. The summed E-state index contributed by atoms with van der Waals surface area (Å²) in [6.07, 6.45) is 12.5. The molecule has 0 saturated carbocycles. The Morgan fingerprint density at radius 3 is 2.77 bits per heavy atom. The lowest BCUT2D eigenvalue weighted by Gasteiger charge is -2.14. The smallest absolute Gasteiger partial charge is 0.304 e. The number of hydrogen-bond donors (Lipinski definition) is 1. The SMILES string of the molecule is O=C(O)CCSC1=c2cc(/C=C/c3ccc4cc(F)c(F)cc4n3)ccc2=CC=C2N=CCC=C21. The maximum atomic E-state index is 13.6. The van der Waals surface area contributed by atoms with Crippen molar-refractivity contribution in [3.05, 3.63) is 99.2 Å². The number of carbonyl (C=O) groups is 1. The summed E-state index contributed by atoms with van der Waals surface area (Å²) in [4.78, 5) is 21.1. The molecule has 2 aromatic carbocycles. The maximum Gasteiger partial charge on any atom is 0.304 e. The molecule has 0 radical (unpaired) electrons. The first-order valence-electron chi connectivity index (χ1n) is 11.1. The zero-order chi connectivity index (χ0) is 24.4. The lowest BCUT2D eigenvalue weighted by molar-refractivity contribution is -0.136. The molecular formula is C28H20F2N2O2S. The first-order chi connectivity index (χ1) is 17.0. The van der Waals surface area contributed by atoms with Crippen LogP contribution in [0.5, 0.6) is 0 Å². The third-order valence-electron chi connectivity index (χ3n) is 5.68. The average molecular weight is 487 g/mol. The van der Waals surface area contributed by atoms with Crippen LogP contribution in [-0.2, 0) is 4.79 Å². The number of nitrogens with zero attached hydrogens (tertiary/aromatic N) is 2. The minimum atomic E-state index is -0.925. The number of rotatable bonds is 6. The van der Waals surface area contributed by atoms with Gasteiger partial charge in [-0.15, -0.1) is 11.8 Å². The normalized spacial score (nSPS) is 14.7. The van der Waals surface area contributed by atoms with Crippen molar-refractivity contribution in [1.29, 1.82) is 0 Å². The Balaban J connectivity index is 1.54. The number of hydrogen-bond acceptors (Lipinski definition) is 4. The number of benzene rings is 2. The summed E-state index contributed by atoms with van der Waals surface area (Å²) in [5.41, 5.74) is 3.83. The number of pyridine rings is 1. The molecule has 0 saturated heterocycles. The van der Waals surface area contributed by atoms with E-state index in [1.807, 2.05) is 42.7 Å². The van der Waals surface area contributed by atoms with Crippen molar-refractivity contribution in [2.24, 2.45) is 4.99 Å². The van der Waals surface area contributed by atoms with Crippen LogP contribution >= 0.6 is 11.8 Å². The first kappa shape index (κ1) is 22.9. The topological polar surface area (TPSA) is 62.5 Å². The van der Waals surface area contributed by atoms with Crippen molar-refractivity contribution in [3.63, 3.8) is 0 Å². The summed E-state index contributed by atoms with van der Waals surface area (Å²) < 4.78 is 27.1. The lowest BCUT2D eigenvalue weighted by atomic mass is 10.1. The van der Waals surface area contributed by atoms with Gasteiger partial charge in [-0.25, -0.2) is 13.8 Å². The molecule has 1 aromatic heterocycles. The summed E-state index contributed by atoms with van der Waals surface area (Å²) in [5.74, 6) is -2.19. The van der Waals surface area contributed by atoms with Crippen LogP contribution in [0, 0.1) is 11.6 Å². The number of carboxylic acid groups (broad SMARTS) is 1. The van der Waals surface area contributed by atoms with Crippen LogP contribution in [0.15, 0.2) is 70.9 Å². The Morgan fingerprint density at radius 1 is 1.06 bits per heavy atom. The molecule has 5 rings (SSSR count). The molecule has 35 heavy (non-hydrogen) atoms. The number of aromatic nitrogens is 1. The van der Waals surface area contributed by atoms with E-state index < -0.39 is 17.6 Å². The maximum absolute atomic E-state index is 13.6. The van der Waals surface area contributed by atoms with Gasteiger partial charge in [0.2, 0.25) is 0 Å². The van der Waals surface area contributed by atoms with Crippen LogP contribution in [0.2, 0.25) is 0 Å². The number of carboxylic acids is 1. The zero-order valence-electron chi connectivity index (χ0n) is 18.5. The minimum Gasteiger partial charge on any atom is -0.481 e. The van der Waals surface area contributed by atoms with Crippen molar-refractivity contribution in [2.75, 3.05) is 5.75 Å².